The van der Waals surface area contributed by atoms with Crippen molar-refractivity contribution in [3.05, 3.63) is 65.7 Å². The molecule has 3 rings (SSSR count). The third-order valence-electron chi connectivity index (χ3n) is 3.46. The Labute approximate surface area is 137 Å². The van der Waals surface area contributed by atoms with Crippen LogP contribution in [-0.4, -0.2) is 20.7 Å². The fraction of sp³-hybridized carbons (Fsp3) is 0.188. The van der Waals surface area contributed by atoms with Gasteiger partial charge in [-0.25, -0.2) is 14.2 Å². The highest BCUT2D eigenvalue weighted by atomic mass is 19.1. The highest BCUT2D eigenvalue weighted by Gasteiger charge is 2.21. The molecule has 124 valence electrons. The molecule has 0 unspecified atom stereocenters. The second kappa shape index (κ2) is 6.53. The summed E-state index contributed by atoms with van der Waals surface area (Å²) in [4.78, 5) is 16.5. The number of amides is 2. The number of benzene rings is 1. The molecule has 0 bridgehead atoms. The van der Waals surface area contributed by atoms with Crippen molar-refractivity contribution >= 4 is 11.8 Å². The summed E-state index contributed by atoms with van der Waals surface area (Å²) in [5.74, 6) is 1.17. The maximum Gasteiger partial charge on any atom is 0.321 e. The van der Waals surface area contributed by atoms with E-state index in [9.17, 15) is 9.18 Å². The molecular weight excluding hydrogens is 313 g/mol. The standard InChI is InChI=1S/C16H16FN5O2/c1-10-9-13(21-24-10)19-16(23)20-14(15-18-7-8-22(15)2)11-3-5-12(17)6-4-11/h3-9,14H,1-2H3,(H2,19,20,21,23)/t14-/m0/s1. The smallest absolute Gasteiger partial charge is 0.321 e. The van der Waals surface area contributed by atoms with Crippen molar-refractivity contribution in [1.29, 1.82) is 0 Å². The van der Waals surface area contributed by atoms with Gasteiger partial charge in [0.25, 0.3) is 0 Å². The van der Waals surface area contributed by atoms with Crippen molar-refractivity contribution in [2.24, 2.45) is 7.05 Å². The van der Waals surface area contributed by atoms with Crippen LogP contribution in [0, 0.1) is 12.7 Å². The van der Waals surface area contributed by atoms with E-state index in [1.54, 1.807) is 42.1 Å². The third kappa shape index (κ3) is 3.43. The summed E-state index contributed by atoms with van der Waals surface area (Å²) in [5, 5.41) is 9.12. The zero-order chi connectivity index (χ0) is 17.1. The van der Waals surface area contributed by atoms with Gasteiger partial charge in [0.15, 0.2) is 5.82 Å². The van der Waals surface area contributed by atoms with Gasteiger partial charge in [-0.3, -0.25) is 5.32 Å². The number of halogens is 1. The Bertz CT molecular complexity index is 840. The molecule has 0 aliphatic rings. The van der Waals surface area contributed by atoms with Gasteiger partial charge in [0.2, 0.25) is 0 Å². The molecule has 0 saturated heterocycles. The molecular formula is C16H16FN5O2. The molecule has 2 N–H and O–H groups in total. The van der Waals surface area contributed by atoms with Crippen LogP contribution in [0.4, 0.5) is 15.0 Å². The second-order valence-corrected chi connectivity index (χ2v) is 5.30. The Morgan fingerprint density at radius 1 is 1.33 bits per heavy atom. The molecule has 0 aliphatic carbocycles. The minimum atomic E-state index is -0.543. The molecule has 2 aromatic heterocycles. The average molecular weight is 329 g/mol. The highest BCUT2D eigenvalue weighted by Crippen LogP contribution is 2.21. The summed E-state index contributed by atoms with van der Waals surface area (Å²) in [6.45, 7) is 1.73. The van der Waals surface area contributed by atoms with Crippen LogP contribution in [0.15, 0.2) is 47.2 Å². The van der Waals surface area contributed by atoms with Crippen LogP contribution in [0.1, 0.15) is 23.2 Å². The van der Waals surface area contributed by atoms with Gasteiger partial charge in [-0.2, -0.15) is 0 Å². The molecule has 0 fully saturated rings. The molecule has 8 heteroatoms. The quantitative estimate of drug-likeness (QED) is 0.771. The monoisotopic (exact) mass is 329 g/mol. The molecule has 1 atom stereocenters. The lowest BCUT2D eigenvalue weighted by molar-refractivity contribution is 0.249. The average Bonchev–Trinajstić information content (AvgIpc) is 3.14. The first-order valence-corrected chi connectivity index (χ1v) is 7.26. The zero-order valence-electron chi connectivity index (χ0n) is 13.2. The van der Waals surface area contributed by atoms with Gasteiger partial charge in [-0.15, -0.1) is 0 Å². The van der Waals surface area contributed by atoms with Crippen LogP contribution in [0.3, 0.4) is 0 Å². The Hall–Kier alpha value is -3.16. The van der Waals surface area contributed by atoms with Crippen molar-refractivity contribution in [2.45, 2.75) is 13.0 Å². The molecule has 1 aromatic carbocycles. The second-order valence-electron chi connectivity index (χ2n) is 5.30. The van der Waals surface area contributed by atoms with E-state index in [1.165, 1.54) is 12.1 Å². The Balaban J connectivity index is 1.83. The summed E-state index contributed by atoms with van der Waals surface area (Å²) in [7, 11) is 1.82. The number of anilines is 1. The van der Waals surface area contributed by atoms with Crippen LogP contribution in [0.2, 0.25) is 0 Å². The topological polar surface area (TPSA) is 85.0 Å². The number of rotatable bonds is 4. The number of aryl methyl sites for hydroxylation is 2. The van der Waals surface area contributed by atoms with E-state index in [2.05, 4.69) is 20.8 Å². The number of carbonyl (C=O) groups is 1. The minimum Gasteiger partial charge on any atom is -0.360 e. The van der Waals surface area contributed by atoms with E-state index < -0.39 is 12.1 Å². The summed E-state index contributed by atoms with van der Waals surface area (Å²) >= 11 is 0. The first kappa shape index (κ1) is 15.7. The number of nitrogens with one attached hydrogen (secondary N) is 2. The number of carbonyl (C=O) groups excluding carboxylic acids is 1. The van der Waals surface area contributed by atoms with Crippen molar-refractivity contribution in [2.75, 3.05) is 5.32 Å². The van der Waals surface area contributed by atoms with Crippen LogP contribution < -0.4 is 10.6 Å². The fourth-order valence-electron chi connectivity index (χ4n) is 2.32. The van der Waals surface area contributed by atoms with Gasteiger partial charge in [0.05, 0.1) is 0 Å². The lowest BCUT2D eigenvalue weighted by atomic mass is 10.1. The highest BCUT2D eigenvalue weighted by molar-refractivity contribution is 5.88. The number of nitrogens with zero attached hydrogens (tertiary/aromatic N) is 3. The first-order chi connectivity index (χ1) is 11.5. The predicted octanol–water partition coefficient (Wildman–Crippen LogP) is 2.77. The van der Waals surface area contributed by atoms with Crippen molar-refractivity contribution < 1.29 is 13.7 Å². The molecule has 7 nitrogen and oxygen atoms in total. The number of hydrogen-bond donors (Lipinski definition) is 2. The van der Waals surface area contributed by atoms with Crippen LogP contribution in [-0.2, 0) is 7.05 Å². The maximum atomic E-state index is 13.2. The van der Waals surface area contributed by atoms with Crippen molar-refractivity contribution in [3.63, 3.8) is 0 Å². The molecule has 2 heterocycles. The fourth-order valence-corrected chi connectivity index (χ4v) is 2.32. The van der Waals surface area contributed by atoms with Gasteiger partial charge in [0, 0.05) is 25.5 Å². The van der Waals surface area contributed by atoms with E-state index in [1.807, 2.05) is 7.05 Å². The van der Waals surface area contributed by atoms with Gasteiger partial charge in [-0.1, -0.05) is 17.3 Å². The van der Waals surface area contributed by atoms with Crippen molar-refractivity contribution in [3.8, 4) is 0 Å². The molecule has 0 saturated carbocycles. The first-order valence-electron chi connectivity index (χ1n) is 7.26. The van der Waals surface area contributed by atoms with Gasteiger partial charge in [0.1, 0.15) is 23.4 Å². The number of imidazole rings is 1. The molecule has 2 amide bonds. The summed E-state index contributed by atoms with van der Waals surface area (Å²) in [6.07, 6.45) is 3.40. The summed E-state index contributed by atoms with van der Waals surface area (Å²) in [6, 6.07) is 6.48. The number of urea groups is 1. The number of hydrogen-bond acceptors (Lipinski definition) is 4. The van der Waals surface area contributed by atoms with E-state index in [0.717, 1.165) is 0 Å². The molecule has 3 aromatic rings. The third-order valence-corrected chi connectivity index (χ3v) is 3.46. The minimum absolute atomic E-state index is 0.308. The lowest BCUT2D eigenvalue weighted by Crippen LogP contribution is -2.34. The van der Waals surface area contributed by atoms with Gasteiger partial charge >= 0.3 is 6.03 Å². The Morgan fingerprint density at radius 2 is 2.08 bits per heavy atom. The summed E-state index contributed by atoms with van der Waals surface area (Å²) in [5.41, 5.74) is 0.706. The Kier molecular flexibility index (Phi) is 4.28. The zero-order valence-corrected chi connectivity index (χ0v) is 13.2. The molecule has 0 radical (unpaired) electrons. The van der Waals surface area contributed by atoms with Crippen LogP contribution in [0.25, 0.3) is 0 Å². The maximum absolute atomic E-state index is 13.2. The molecule has 0 aliphatic heterocycles. The van der Waals surface area contributed by atoms with E-state index >= 15 is 0 Å². The normalized spacial score (nSPS) is 12.0. The lowest BCUT2D eigenvalue weighted by Gasteiger charge is -2.19. The van der Waals surface area contributed by atoms with Crippen molar-refractivity contribution in [1.82, 2.24) is 20.0 Å². The number of aromatic nitrogens is 3. The van der Waals surface area contributed by atoms with E-state index in [0.29, 0.717) is 23.0 Å². The van der Waals surface area contributed by atoms with Crippen LogP contribution >= 0.6 is 0 Å². The molecule has 0 spiro atoms. The van der Waals surface area contributed by atoms with Gasteiger partial charge < -0.3 is 14.4 Å². The molecule has 24 heavy (non-hydrogen) atoms. The SMILES string of the molecule is Cc1cc(NC(=O)N[C@@H](c2ccc(F)cc2)c2nccn2C)no1. The Morgan fingerprint density at radius 3 is 2.67 bits per heavy atom. The summed E-state index contributed by atoms with van der Waals surface area (Å²) < 4.78 is 19.9. The van der Waals surface area contributed by atoms with Gasteiger partial charge in [-0.05, 0) is 24.6 Å². The predicted molar refractivity (Wildman–Crippen MR) is 84.8 cm³/mol. The van der Waals surface area contributed by atoms with E-state index in [4.69, 9.17) is 4.52 Å². The van der Waals surface area contributed by atoms with Crippen LogP contribution in [0.5, 0.6) is 0 Å². The van der Waals surface area contributed by atoms with E-state index in [-0.39, 0.29) is 5.82 Å². The largest absolute Gasteiger partial charge is 0.360 e.